The molecule has 1 heterocycles. The average molecular weight is 633 g/mol. The summed E-state index contributed by atoms with van der Waals surface area (Å²) in [6, 6.07) is 14.4. The van der Waals surface area contributed by atoms with E-state index in [0.717, 1.165) is 31.2 Å². The highest BCUT2D eigenvalue weighted by Crippen LogP contribution is 2.26. The van der Waals surface area contributed by atoms with Crippen LogP contribution in [0.2, 0.25) is 0 Å². The highest BCUT2D eigenvalue weighted by molar-refractivity contribution is 6.20. The van der Waals surface area contributed by atoms with Crippen molar-refractivity contribution in [3.63, 3.8) is 0 Å². The summed E-state index contributed by atoms with van der Waals surface area (Å²) in [5, 5.41) is 10.7. The fraction of sp³-hybridized carbons (Fsp3) is 0.550. The number of hydrogen-bond donors (Lipinski definition) is 1. The van der Waals surface area contributed by atoms with Gasteiger partial charge in [-0.05, 0) is 72.9 Å². The van der Waals surface area contributed by atoms with Gasteiger partial charge < -0.3 is 14.7 Å². The second-order valence-electron chi connectivity index (χ2n) is 13.6. The number of esters is 1. The lowest BCUT2D eigenvalue weighted by atomic mass is 9.87. The van der Waals surface area contributed by atoms with E-state index in [4.69, 9.17) is 9.73 Å². The summed E-state index contributed by atoms with van der Waals surface area (Å²) in [5.41, 5.74) is 2.96. The van der Waals surface area contributed by atoms with E-state index < -0.39 is 5.97 Å². The zero-order valence-electron chi connectivity index (χ0n) is 28.8. The van der Waals surface area contributed by atoms with Gasteiger partial charge >= 0.3 is 5.97 Å². The molecule has 2 aromatic carbocycles. The first-order valence-electron chi connectivity index (χ1n) is 17.6. The number of aliphatic imine (C=N–C) groups is 1. The van der Waals surface area contributed by atoms with Crippen LogP contribution in [-0.2, 0) is 21.5 Å². The predicted molar refractivity (Wildman–Crippen MR) is 189 cm³/mol. The summed E-state index contributed by atoms with van der Waals surface area (Å²) in [7, 11) is 0. The Labute approximate surface area is 277 Å². The van der Waals surface area contributed by atoms with E-state index in [0.29, 0.717) is 24.6 Å². The van der Waals surface area contributed by atoms with Crippen molar-refractivity contribution in [3.05, 3.63) is 89.0 Å². The van der Waals surface area contributed by atoms with Gasteiger partial charge in [0, 0.05) is 13.1 Å². The summed E-state index contributed by atoms with van der Waals surface area (Å²) in [4.78, 5) is 19.6. The molecule has 0 amide bonds. The van der Waals surface area contributed by atoms with Crippen LogP contribution in [0, 0.1) is 5.82 Å². The Morgan fingerprint density at radius 2 is 1.41 bits per heavy atom. The molecular weight excluding hydrogens is 575 g/mol. The summed E-state index contributed by atoms with van der Waals surface area (Å²) in [6.45, 7) is 9.84. The highest BCUT2D eigenvalue weighted by Gasteiger charge is 2.32. The Bertz CT molecular complexity index is 1270. The van der Waals surface area contributed by atoms with Gasteiger partial charge in [0.1, 0.15) is 29.6 Å². The van der Waals surface area contributed by atoms with Crippen molar-refractivity contribution < 1.29 is 19.0 Å². The number of benzene rings is 2. The van der Waals surface area contributed by atoms with Gasteiger partial charge in [0.25, 0.3) is 0 Å². The van der Waals surface area contributed by atoms with Gasteiger partial charge in [0.05, 0.1) is 5.69 Å². The van der Waals surface area contributed by atoms with Crippen molar-refractivity contribution in [1.29, 1.82) is 0 Å². The smallest absolute Gasteiger partial charge is 0.345 e. The Hall–Kier alpha value is -3.41. The zero-order chi connectivity index (χ0) is 33.2. The molecule has 5 nitrogen and oxygen atoms in total. The number of cyclic esters (lactones) is 1. The molecule has 0 saturated carbocycles. The lowest BCUT2D eigenvalue weighted by Gasteiger charge is -2.27. The molecule has 0 bridgehead atoms. The molecule has 3 rings (SSSR count). The van der Waals surface area contributed by atoms with Crippen molar-refractivity contribution in [1.82, 2.24) is 4.90 Å². The van der Waals surface area contributed by atoms with Gasteiger partial charge in [-0.1, -0.05) is 122 Å². The first-order valence-corrected chi connectivity index (χ1v) is 17.6. The number of unbranched alkanes of at least 4 members (excludes halogenated alkanes) is 12. The Morgan fingerprint density at radius 3 is 1.96 bits per heavy atom. The van der Waals surface area contributed by atoms with E-state index in [1.807, 2.05) is 0 Å². The molecule has 0 radical (unpaired) electrons. The number of nitrogens with zero attached hydrogens (tertiary/aromatic N) is 2. The van der Waals surface area contributed by atoms with E-state index in [2.05, 4.69) is 69.0 Å². The minimum Gasteiger partial charge on any atom is -0.508 e. The number of aliphatic hydroxyl groups is 1. The third-order valence-corrected chi connectivity index (χ3v) is 8.55. The first-order chi connectivity index (χ1) is 22.2. The number of amidine groups is 1. The quantitative estimate of drug-likeness (QED) is 0.0519. The standard InChI is InChI=1S/C40H57FN2O3/c1-5-6-7-8-9-10-11-12-13-14-15-16-17-18-19-20-29-43(30-32-21-23-33(24-22-32)40(2,3)4)38(37-36(44)31-46-39(37)45)42-35-27-25-34(41)26-28-35/h12-13,21-28,44H,5-11,14-20,29-31H2,1-4H3/b13-12-,42-38?. The third-order valence-electron chi connectivity index (χ3n) is 8.55. The molecule has 0 spiro atoms. The van der Waals surface area contributed by atoms with Gasteiger partial charge in [0.15, 0.2) is 0 Å². The van der Waals surface area contributed by atoms with Crippen LogP contribution in [0.3, 0.4) is 0 Å². The van der Waals surface area contributed by atoms with Gasteiger partial charge in [0.2, 0.25) is 0 Å². The van der Waals surface area contributed by atoms with Crippen LogP contribution < -0.4 is 0 Å². The average Bonchev–Trinajstić information content (AvgIpc) is 3.36. The maximum Gasteiger partial charge on any atom is 0.345 e. The molecule has 46 heavy (non-hydrogen) atoms. The van der Waals surface area contributed by atoms with Crippen LogP contribution >= 0.6 is 0 Å². The normalized spacial score (nSPS) is 14.0. The van der Waals surface area contributed by atoms with Crippen LogP contribution in [0.5, 0.6) is 0 Å². The molecule has 0 unspecified atom stereocenters. The van der Waals surface area contributed by atoms with Gasteiger partial charge in [-0.3, -0.25) is 0 Å². The van der Waals surface area contributed by atoms with Crippen molar-refractivity contribution in [2.45, 2.75) is 130 Å². The predicted octanol–water partition coefficient (Wildman–Crippen LogP) is 11.1. The molecular formula is C40H57FN2O3. The number of carbonyl (C=O) groups excluding carboxylic acids is 1. The maximum absolute atomic E-state index is 13.7. The molecule has 0 aromatic heterocycles. The zero-order valence-corrected chi connectivity index (χ0v) is 28.8. The molecule has 0 fully saturated rings. The largest absolute Gasteiger partial charge is 0.508 e. The number of halogens is 1. The molecule has 252 valence electrons. The summed E-state index contributed by atoms with van der Waals surface area (Å²) < 4.78 is 18.8. The van der Waals surface area contributed by atoms with Crippen molar-refractivity contribution >= 4 is 17.5 Å². The van der Waals surface area contributed by atoms with Crippen molar-refractivity contribution in [2.24, 2.45) is 4.99 Å². The maximum atomic E-state index is 13.7. The lowest BCUT2D eigenvalue weighted by Crippen LogP contribution is -2.35. The van der Waals surface area contributed by atoms with E-state index in [1.165, 1.54) is 81.9 Å². The second-order valence-corrected chi connectivity index (χ2v) is 13.6. The van der Waals surface area contributed by atoms with E-state index in [1.54, 1.807) is 12.1 Å². The summed E-state index contributed by atoms with van der Waals surface area (Å²) in [5.74, 6) is -0.713. The lowest BCUT2D eigenvalue weighted by molar-refractivity contribution is -0.135. The number of rotatable bonds is 20. The molecule has 0 aliphatic carbocycles. The topological polar surface area (TPSA) is 62.1 Å². The monoisotopic (exact) mass is 632 g/mol. The number of ether oxygens (including phenoxy) is 1. The molecule has 0 saturated heterocycles. The second kappa shape index (κ2) is 20.0. The van der Waals surface area contributed by atoms with E-state index >= 15 is 0 Å². The molecule has 6 heteroatoms. The fourth-order valence-corrected chi connectivity index (χ4v) is 5.68. The minimum absolute atomic E-state index is 0.0431. The Kier molecular flexibility index (Phi) is 16.1. The first kappa shape index (κ1) is 37.1. The van der Waals surface area contributed by atoms with Crippen LogP contribution in [-0.4, -0.2) is 35.0 Å². The van der Waals surface area contributed by atoms with Gasteiger partial charge in [-0.2, -0.15) is 0 Å². The minimum atomic E-state index is -0.590. The Morgan fingerprint density at radius 1 is 0.848 bits per heavy atom. The SMILES string of the molecule is CCCCCCCC/C=C\CCCCCCCCN(Cc1ccc(C(C)(C)C)cc1)C(=Nc1ccc(F)cc1)C1=C(O)COC1=O. The van der Waals surface area contributed by atoms with E-state index in [9.17, 15) is 14.3 Å². The van der Waals surface area contributed by atoms with Crippen LogP contribution in [0.4, 0.5) is 10.1 Å². The van der Waals surface area contributed by atoms with E-state index in [-0.39, 0.29) is 29.2 Å². The number of aliphatic hydroxyl groups excluding tert-OH is 1. The van der Waals surface area contributed by atoms with Crippen LogP contribution in [0.25, 0.3) is 0 Å². The van der Waals surface area contributed by atoms with Gasteiger partial charge in [-0.25, -0.2) is 14.2 Å². The van der Waals surface area contributed by atoms with Crippen molar-refractivity contribution in [3.8, 4) is 0 Å². The number of allylic oxidation sites excluding steroid dienone is 2. The summed E-state index contributed by atoms with van der Waals surface area (Å²) in [6.07, 6.45) is 22.0. The Balaban J connectivity index is 1.59. The molecule has 1 aliphatic rings. The molecule has 2 aromatic rings. The molecule has 0 atom stereocenters. The third kappa shape index (κ3) is 13.1. The van der Waals surface area contributed by atoms with Crippen LogP contribution in [0.15, 0.2) is 77.0 Å². The number of hydrogen-bond acceptors (Lipinski definition) is 4. The molecule has 1 N–H and O–H groups in total. The summed E-state index contributed by atoms with van der Waals surface area (Å²) >= 11 is 0. The number of carbonyl (C=O) groups is 1. The highest BCUT2D eigenvalue weighted by atomic mass is 19.1. The van der Waals surface area contributed by atoms with Crippen molar-refractivity contribution in [2.75, 3.05) is 13.2 Å². The molecule has 1 aliphatic heterocycles. The fourth-order valence-electron chi connectivity index (χ4n) is 5.68. The van der Waals surface area contributed by atoms with Crippen LogP contribution in [0.1, 0.15) is 129 Å². The van der Waals surface area contributed by atoms with Gasteiger partial charge in [-0.15, -0.1) is 0 Å².